The highest BCUT2D eigenvalue weighted by Crippen LogP contribution is 2.22. The van der Waals surface area contributed by atoms with Gasteiger partial charge in [0.25, 0.3) is 5.91 Å². The monoisotopic (exact) mass is 319 g/mol. The molecule has 0 atom stereocenters. The van der Waals surface area contributed by atoms with Gasteiger partial charge in [-0.15, -0.1) is 0 Å². The van der Waals surface area contributed by atoms with Crippen LogP contribution in [-0.2, 0) is 17.6 Å². The van der Waals surface area contributed by atoms with Crippen molar-refractivity contribution in [1.82, 2.24) is 9.88 Å². The number of ether oxygens (including phenoxy) is 1. The summed E-state index contributed by atoms with van der Waals surface area (Å²) in [4.78, 5) is 28.7. The van der Waals surface area contributed by atoms with Crippen molar-refractivity contribution in [3.63, 3.8) is 0 Å². The van der Waals surface area contributed by atoms with E-state index in [4.69, 9.17) is 16.9 Å². The fourth-order valence-electron chi connectivity index (χ4n) is 2.64. The molecule has 2 amide bonds. The van der Waals surface area contributed by atoms with Crippen molar-refractivity contribution in [2.45, 2.75) is 39.0 Å². The third kappa shape index (κ3) is 3.97. The Bertz CT molecular complexity index is 644. The van der Waals surface area contributed by atoms with Crippen molar-refractivity contribution in [2.75, 3.05) is 6.73 Å². The number of rotatable bonds is 3. The summed E-state index contributed by atoms with van der Waals surface area (Å²) in [6.45, 7) is 1.24. The van der Waals surface area contributed by atoms with E-state index in [1.807, 2.05) is 6.07 Å². The number of guanidine groups is 1. The van der Waals surface area contributed by atoms with Gasteiger partial charge >= 0.3 is 6.09 Å². The number of hydrogen-bond donors (Lipinski definition) is 3. The Hall–Kier alpha value is -2.64. The van der Waals surface area contributed by atoms with Gasteiger partial charge in [-0.3, -0.25) is 15.2 Å². The maximum atomic E-state index is 12.6. The minimum Gasteiger partial charge on any atom is -0.428 e. The Morgan fingerprint density at radius 1 is 1.30 bits per heavy atom. The molecule has 124 valence electrons. The van der Waals surface area contributed by atoms with E-state index in [9.17, 15) is 9.59 Å². The van der Waals surface area contributed by atoms with Gasteiger partial charge < -0.3 is 16.2 Å². The second-order valence-corrected chi connectivity index (χ2v) is 5.50. The lowest BCUT2D eigenvalue weighted by Crippen LogP contribution is -2.44. The first-order chi connectivity index (χ1) is 10.9. The highest BCUT2D eigenvalue weighted by Gasteiger charge is 2.24. The average molecular weight is 319 g/mol. The minimum absolute atomic E-state index is 0.355. The topological polar surface area (TPSA) is 135 Å². The molecule has 0 aliphatic heterocycles. The lowest BCUT2D eigenvalue weighted by atomic mass is 10.0. The molecule has 0 unspecified atom stereocenters. The Morgan fingerprint density at radius 2 is 2.00 bits per heavy atom. The molecule has 0 saturated heterocycles. The van der Waals surface area contributed by atoms with Crippen molar-refractivity contribution in [3.05, 3.63) is 28.6 Å². The molecule has 1 aliphatic carbocycles. The van der Waals surface area contributed by atoms with E-state index in [2.05, 4.69) is 9.72 Å². The second kappa shape index (κ2) is 7.08. The summed E-state index contributed by atoms with van der Waals surface area (Å²) in [5.74, 6) is -1.05. The summed E-state index contributed by atoms with van der Waals surface area (Å²) in [7, 11) is 0. The standard InChI is InChI=1S/C15H21N5O3/c1-9-11(7-10-5-3-2-4-6-12(10)19-9)13(21)20(14(16)17)8-23-15(18)22/h7H,2-6,8H2,1H3,(H3,16,17)(H2,18,22). The molecule has 0 aromatic carbocycles. The van der Waals surface area contributed by atoms with E-state index in [1.54, 1.807) is 6.92 Å². The Labute approximate surface area is 134 Å². The van der Waals surface area contributed by atoms with Crippen LogP contribution in [0.15, 0.2) is 6.07 Å². The van der Waals surface area contributed by atoms with Crippen molar-refractivity contribution < 1.29 is 14.3 Å². The third-order valence-corrected chi connectivity index (χ3v) is 3.84. The maximum absolute atomic E-state index is 12.6. The van der Waals surface area contributed by atoms with Crippen molar-refractivity contribution in [1.29, 1.82) is 5.41 Å². The largest absolute Gasteiger partial charge is 0.428 e. The van der Waals surface area contributed by atoms with Gasteiger partial charge in [-0.25, -0.2) is 9.69 Å². The molecule has 0 spiro atoms. The van der Waals surface area contributed by atoms with Crippen LogP contribution in [0.25, 0.3) is 0 Å². The predicted octanol–water partition coefficient (Wildman–Crippen LogP) is 1.05. The smallest absolute Gasteiger partial charge is 0.406 e. The van der Waals surface area contributed by atoms with Crippen LogP contribution in [0.4, 0.5) is 4.79 Å². The van der Waals surface area contributed by atoms with Crippen molar-refractivity contribution in [2.24, 2.45) is 11.5 Å². The molecule has 1 aliphatic rings. The van der Waals surface area contributed by atoms with Gasteiger partial charge in [0.2, 0.25) is 0 Å². The van der Waals surface area contributed by atoms with E-state index in [-0.39, 0.29) is 0 Å². The molecule has 0 bridgehead atoms. The minimum atomic E-state index is -1.04. The number of carbonyl (C=O) groups is 2. The summed E-state index contributed by atoms with van der Waals surface area (Å²) >= 11 is 0. The molecule has 0 fully saturated rings. The van der Waals surface area contributed by atoms with E-state index in [1.165, 1.54) is 0 Å². The molecule has 8 heteroatoms. The zero-order valence-electron chi connectivity index (χ0n) is 13.1. The van der Waals surface area contributed by atoms with Crippen LogP contribution < -0.4 is 11.5 Å². The number of nitrogens with one attached hydrogen (secondary N) is 1. The van der Waals surface area contributed by atoms with Crippen molar-refractivity contribution in [3.8, 4) is 0 Å². The van der Waals surface area contributed by atoms with Crippen LogP contribution >= 0.6 is 0 Å². The van der Waals surface area contributed by atoms with Crippen LogP contribution in [0, 0.1) is 12.3 Å². The summed E-state index contributed by atoms with van der Waals surface area (Å²) in [5, 5.41) is 7.50. The lowest BCUT2D eigenvalue weighted by Gasteiger charge is -2.21. The van der Waals surface area contributed by atoms with Gasteiger partial charge in [-0.05, 0) is 44.2 Å². The lowest BCUT2D eigenvalue weighted by molar-refractivity contribution is 0.0666. The van der Waals surface area contributed by atoms with E-state index < -0.39 is 24.7 Å². The van der Waals surface area contributed by atoms with Crippen LogP contribution in [0.1, 0.15) is 46.6 Å². The van der Waals surface area contributed by atoms with E-state index in [0.717, 1.165) is 48.3 Å². The average Bonchev–Trinajstić information content (AvgIpc) is 2.70. The second-order valence-electron chi connectivity index (χ2n) is 5.50. The number of pyridine rings is 1. The number of carbonyl (C=O) groups excluding carboxylic acids is 2. The maximum Gasteiger partial charge on any atom is 0.406 e. The summed E-state index contributed by atoms with van der Waals surface area (Å²) < 4.78 is 4.58. The van der Waals surface area contributed by atoms with Crippen LogP contribution in [-0.4, -0.2) is 34.6 Å². The number of nitrogens with zero attached hydrogens (tertiary/aromatic N) is 2. The summed E-state index contributed by atoms with van der Waals surface area (Å²) in [5.41, 5.74) is 13.3. The van der Waals surface area contributed by atoms with Gasteiger partial charge in [0.1, 0.15) is 0 Å². The van der Waals surface area contributed by atoms with Gasteiger partial charge in [0, 0.05) is 5.69 Å². The van der Waals surface area contributed by atoms with Crippen LogP contribution in [0.2, 0.25) is 0 Å². The van der Waals surface area contributed by atoms with E-state index >= 15 is 0 Å². The molecular formula is C15H21N5O3. The van der Waals surface area contributed by atoms with Crippen molar-refractivity contribution >= 4 is 18.0 Å². The SMILES string of the molecule is Cc1nc2c(cc1C(=O)N(COC(N)=O)C(=N)N)CCCCC2. The highest BCUT2D eigenvalue weighted by molar-refractivity contribution is 6.05. The first kappa shape index (κ1) is 16.7. The number of hydrogen-bond acceptors (Lipinski definition) is 5. The number of primary amides is 1. The quantitative estimate of drug-likeness (QED) is 0.331. The first-order valence-electron chi connectivity index (χ1n) is 7.47. The Morgan fingerprint density at radius 3 is 2.65 bits per heavy atom. The number of aromatic nitrogens is 1. The number of amides is 2. The van der Waals surface area contributed by atoms with Gasteiger partial charge in [-0.1, -0.05) is 6.42 Å². The molecule has 23 heavy (non-hydrogen) atoms. The number of fused-ring (bicyclic) bond motifs is 1. The zero-order valence-corrected chi connectivity index (χ0v) is 13.1. The zero-order chi connectivity index (χ0) is 17.0. The number of nitrogens with two attached hydrogens (primary N) is 2. The molecule has 5 N–H and O–H groups in total. The fraction of sp³-hybridized carbons (Fsp3) is 0.467. The molecule has 0 radical (unpaired) electrons. The van der Waals surface area contributed by atoms with Gasteiger partial charge in [0.15, 0.2) is 12.7 Å². The van der Waals surface area contributed by atoms with E-state index in [0.29, 0.717) is 11.3 Å². The predicted molar refractivity (Wildman–Crippen MR) is 83.9 cm³/mol. The normalized spacial score (nSPS) is 13.6. The fourth-order valence-corrected chi connectivity index (χ4v) is 2.64. The first-order valence-corrected chi connectivity index (χ1v) is 7.47. The Balaban J connectivity index is 2.31. The third-order valence-electron chi connectivity index (χ3n) is 3.84. The van der Waals surface area contributed by atoms with Crippen LogP contribution in [0.3, 0.4) is 0 Å². The molecule has 2 rings (SSSR count). The van der Waals surface area contributed by atoms with Crippen LogP contribution in [0.5, 0.6) is 0 Å². The summed E-state index contributed by atoms with van der Waals surface area (Å²) in [6, 6.07) is 1.81. The molecule has 1 aromatic heterocycles. The molecule has 1 aromatic rings. The molecule has 0 saturated carbocycles. The Kier molecular flexibility index (Phi) is 5.15. The highest BCUT2D eigenvalue weighted by atomic mass is 16.6. The molecular weight excluding hydrogens is 298 g/mol. The number of aryl methyl sites for hydroxylation is 3. The molecule has 8 nitrogen and oxygen atoms in total. The van der Waals surface area contributed by atoms with Gasteiger partial charge in [0.05, 0.1) is 11.3 Å². The van der Waals surface area contributed by atoms with Gasteiger partial charge in [-0.2, -0.15) is 0 Å². The summed E-state index contributed by atoms with van der Waals surface area (Å²) in [6.07, 6.45) is 4.05. The molecule has 1 heterocycles.